The minimum Gasteiger partial charge on any atom is -0.463 e. The van der Waals surface area contributed by atoms with Gasteiger partial charge in [-0.25, -0.2) is 4.79 Å². The van der Waals surface area contributed by atoms with E-state index in [1.807, 2.05) is 6.92 Å². The fourth-order valence-electron chi connectivity index (χ4n) is 2.86. The zero-order chi connectivity index (χ0) is 16.2. The first-order valence-electron chi connectivity index (χ1n) is 7.08. The van der Waals surface area contributed by atoms with Crippen molar-refractivity contribution >= 4 is 23.8 Å². The average Bonchev–Trinajstić information content (AvgIpc) is 2.33. The summed E-state index contributed by atoms with van der Waals surface area (Å²) in [5, 5.41) is 4.30. The zero-order valence-electron chi connectivity index (χ0n) is 12.8. The van der Waals surface area contributed by atoms with Crippen LogP contribution in [0.1, 0.15) is 47.0 Å². The third-order valence-corrected chi connectivity index (χ3v) is 3.80. The lowest BCUT2D eigenvalue weighted by Gasteiger charge is -2.39. The molecule has 2 N–H and O–H groups in total. The molecule has 1 saturated heterocycles. The first kappa shape index (κ1) is 17.1. The standard InChI is InChI=1S/C14H22N2O5/c1-5-6-8(2)14(7-9(3)21-10(4)17)11(18)15-13(20)16-12(14)19/h8-9H,5-7H2,1-4H3,(H2,15,16,18,19,20)/t8-,9+/m1/s1. The van der Waals surface area contributed by atoms with E-state index >= 15 is 0 Å². The van der Waals surface area contributed by atoms with Gasteiger partial charge in [-0.2, -0.15) is 0 Å². The third-order valence-electron chi connectivity index (χ3n) is 3.80. The van der Waals surface area contributed by atoms with Crippen LogP contribution in [-0.2, 0) is 19.1 Å². The van der Waals surface area contributed by atoms with Crippen LogP contribution in [0.4, 0.5) is 4.79 Å². The number of carbonyl (C=O) groups is 4. The maximum Gasteiger partial charge on any atom is 0.328 e. The average molecular weight is 298 g/mol. The monoisotopic (exact) mass is 298 g/mol. The van der Waals surface area contributed by atoms with Gasteiger partial charge in [0.15, 0.2) is 0 Å². The minimum absolute atomic E-state index is 0.0404. The lowest BCUT2D eigenvalue weighted by molar-refractivity contribution is -0.158. The lowest BCUT2D eigenvalue weighted by atomic mass is 9.68. The molecule has 0 saturated carbocycles. The molecule has 0 aliphatic carbocycles. The molecule has 1 aliphatic heterocycles. The SMILES string of the molecule is CCC[C@@H](C)C1(C[C@H](C)OC(C)=O)C(=O)NC(=O)NC1=O. The van der Waals surface area contributed by atoms with Gasteiger partial charge in [0, 0.05) is 13.3 Å². The van der Waals surface area contributed by atoms with Crippen LogP contribution in [0.3, 0.4) is 0 Å². The first-order valence-corrected chi connectivity index (χ1v) is 7.08. The Balaban J connectivity index is 3.10. The van der Waals surface area contributed by atoms with Crippen molar-refractivity contribution in [3.05, 3.63) is 0 Å². The molecule has 1 aliphatic rings. The molecule has 0 aromatic rings. The van der Waals surface area contributed by atoms with E-state index in [0.29, 0.717) is 6.42 Å². The number of imide groups is 2. The maximum absolute atomic E-state index is 12.3. The maximum atomic E-state index is 12.3. The molecule has 0 radical (unpaired) electrons. The van der Waals surface area contributed by atoms with Gasteiger partial charge in [0.25, 0.3) is 0 Å². The van der Waals surface area contributed by atoms with Crippen LogP contribution in [-0.4, -0.2) is 29.9 Å². The van der Waals surface area contributed by atoms with E-state index in [9.17, 15) is 19.2 Å². The van der Waals surface area contributed by atoms with Gasteiger partial charge < -0.3 is 4.74 Å². The molecular formula is C14H22N2O5. The molecule has 0 aromatic carbocycles. The predicted octanol–water partition coefficient (Wildman–Crippen LogP) is 1.12. The summed E-state index contributed by atoms with van der Waals surface area (Å²) in [6.07, 6.45) is 0.867. The van der Waals surface area contributed by atoms with E-state index in [0.717, 1.165) is 6.42 Å². The molecule has 1 heterocycles. The largest absolute Gasteiger partial charge is 0.463 e. The highest BCUT2D eigenvalue weighted by atomic mass is 16.5. The van der Waals surface area contributed by atoms with Crippen molar-refractivity contribution in [2.45, 2.75) is 53.1 Å². The van der Waals surface area contributed by atoms with E-state index in [-0.39, 0.29) is 12.3 Å². The number of urea groups is 1. The smallest absolute Gasteiger partial charge is 0.328 e. The molecule has 118 valence electrons. The summed E-state index contributed by atoms with van der Waals surface area (Å²) in [5.41, 5.74) is -1.40. The lowest BCUT2D eigenvalue weighted by Crippen LogP contribution is -2.65. The van der Waals surface area contributed by atoms with Gasteiger partial charge in [0.05, 0.1) is 0 Å². The molecule has 1 rings (SSSR count). The molecule has 4 amide bonds. The molecule has 0 bridgehead atoms. The third kappa shape index (κ3) is 3.59. The number of amides is 4. The molecule has 0 spiro atoms. The number of rotatable bonds is 6. The van der Waals surface area contributed by atoms with Crippen molar-refractivity contribution < 1.29 is 23.9 Å². The summed E-state index contributed by atoms with van der Waals surface area (Å²) in [6.45, 7) is 6.63. The molecule has 0 aromatic heterocycles. The van der Waals surface area contributed by atoms with Crippen LogP contribution in [0.2, 0.25) is 0 Å². The molecular weight excluding hydrogens is 276 g/mol. The Bertz CT molecular complexity index is 440. The molecule has 1 fully saturated rings. The van der Waals surface area contributed by atoms with E-state index in [1.165, 1.54) is 6.92 Å². The van der Waals surface area contributed by atoms with E-state index in [4.69, 9.17) is 4.74 Å². The molecule has 2 atom stereocenters. The van der Waals surface area contributed by atoms with Gasteiger partial charge >= 0.3 is 12.0 Å². The van der Waals surface area contributed by atoms with Crippen LogP contribution in [0, 0.1) is 11.3 Å². The van der Waals surface area contributed by atoms with Crippen LogP contribution < -0.4 is 10.6 Å². The second kappa shape index (κ2) is 6.69. The molecule has 7 heteroatoms. The van der Waals surface area contributed by atoms with Crippen LogP contribution in [0.5, 0.6) is 0 Å². The minimum atomic E-state index is -1.40. The second-order valence-corrected chi connectivity index (χ2v) is 5.52. The van der Waals surface area contributed by atoms with Crippen molar-refractivity contribution in [3.8, 4) is 0 Å². The first-order chi connectivity index (χ1) is 9.73. The summed E-state index contributed by atoms with van der Waals surface area (Å²) in [7, 11) is 0. The zero-order valence-corrected chi connectivity index (χ0v) is 12.8. The van der Waals surface area contributed by atoms with Crippen molar-refractivity contribution in [2.75, 3.05) is 0 Å². The Morgan fingerprint density at radius 2 is 1.71 bits per heavy atom. The summed E-state index contributed by atoms with van der Waals surface area (Å²) < 4.78 is 5.05. The van der Waals surface area contributed by atoms with Gasteiger partial charge in [-0.05, 0) is 19.3 Å². The summed E-state index contributed by atoms with van der Waals surface area (Å²) in [5.74, 6) is -2.02. The van der Waals surface area contributed by atoms with Gasteiger partial charge in [-0.15, -0.1) is 0 Å². The second-order valence-electron chi connectivity index (χ2n) is 5.52. The number of ether oxygens (including phenoxy) is 1. The van der Waals surface area contributed by atoms with Crippen molar-refractivity contribution in [2.24, 2.45) is 11.3 Å². The van der Waals surface area contributed by atoms with Crippen LogP contribution in [0.25, 0.3) is 0 Å². The highest BCUT2D eigenvalue weighted by molar-refractivity contribution is 6.19. The van der Waals surface area contributed by atoms with Crippen LogP contribution >= 0.6 is 0 Å². The Hall–Kier alpha value is -1.92. The fraction of sp³-hybridized carbons (Fsp3) is 0.714. The van der Waals surface area contributed by atoms with Crippen LogP contribution in [0.15, 0.2) is 0 Å². The summed E-state index contributed by atoms with van der Waals surface area (Å²) in [4.78, 5) is 47.0. The van der Waals surface area contributed by atoms with Crippen molar-refractivity contribution in [1.82, 2.24) is 10.6 Å². The van der Waals surface area contributed by atoms with Gasteiger partial charge in [0.2, 0.25) is 11.8 Å². The number of nitrogens with one attached hydrogen (secondary N) is 2. The fourth-order valence-corrected chi connectivity index (χ4v) is 2.86. The summed E-state index contributed by atoms with van der Waals surface area (Å²) in [6, 6.07) is -0.815. The normalized spacial score (nSPS) is 20.3. The number of esters is 1. The Labute approximate surface area is 123 Å². The number of hydrogen-bond donors (Lipinski definition) is 2. The van der Waals surface area contributed by atoms with Gasteiger partial charge in [0.1, 0.15) is 11.5 Å². The van der Waals surface area contributed by atoms with Crippen molar-refractivity contribution in [3.63, 3.8) is 0 Å². The molecule has 0 unspecified atom stereocenters. The van der Waals surface area contributed by atoms with Gasteiger partial charge in [-0.3, -0.25) is 25.0 Å². The number of hydrogen-bond acceptors (Lipinski definition) is 5. The number of barbiturate groups is 1. The quantitative estimate of drug-likeness (QED) is 0.565. The highest BCUT2D eigenvalue weighted by Crippen LogP contribution is 2.38. The summed E-state index contributed by atoms with van der Waals surface area (Å²) >= 11 is 0. The van der Waals surface area contributed by atoms with E-state index in [1.54, 1.807) is 13.8 Å². The van der Waals surface area contributed by atoms with E-state index in [2.05, 4.69) is 10.6 Å². The number of carbonyl (C=O) groups excluding carboxylic acids is 4. The molecule has 21 heavy (non-hydrogen) atoms. The predicted molar refractivity (Wildman–Crippen MR) is 74.0 cm³/mol. The Morgan fingerprint density at radius 1 is 1.19 bits per heavy atom. The van der Waals surface area contributed by atoms with Gasteiger partial charge in [-0.1, -0.05) is 20.3 Å². The molecule has 7 nitrogen and oxygen atoms in total. The van der Waals surface area contributed by atoms with Crippen molar-refractivity contribution in [1.29, 1.82) is 0 Å². The Morgan fingerprint density at radius 3 is 2.14 bits per heavy atom. The topological polar surface area (TPSA) is 102 Å². The highest BCUT2D eigenvalue weighted by Gasteiger charge is 2.54. The Kier molecular flexibility index (Phi) is 5.46. The van der Waals surface area contributed by atoms with E-state index < -0.39 is 35.3 Å².